The summed E-state index contributed by atoms with van der Waals surface area (Å²) in [5, 5.41) is 14.3. The zero-order valence-electron chi connectivity index (χ0n) is 13.2. The smallest absolute Gasteiger partial charge is 0.119 e. The van der Waals surface area contributed by atoms with Crippen molar-refractivity contribution in [2.45, 2.75) is 25.4 Å². The fraction of sp³-hybridized carbons (Fsp3) is 0.333. The Labute approximate surface area is 135 Å². The number of fused-ring (bicyclic) bond motifs is 1. The molecule has 1 atom stereocenters. The van der Waals surface area contributed by atoms with Gasteiger partial charge in [0, 0.05) is 11.6 Å². The summed E-state index contributed by atoms with van der Waals surface area (Å²) in [7, 11) is 1.69. The maximum absolute atomic E-state index is 5.29. The molecule has 0 spiro atoms. The quantitative estimate of drug-likeness (QED) is 0.805. The van der Waals surface area contributed by atoms with Crippen molar-refractivity contribution in [3.63, 3.8) is 0 Å². The molecule has 1 fully saturated rings. The molecule has 1 saturated heterocycles. The highest BCUT2D eigenvalue weighted by molar-refractivity contribution is 5.87. The minimum absolute atomic E-state index is 0.500. The van der Waals surface area contributed by atoms with E-state index in [4.69, 9.17) is 4.74 Å². The Morgan fingerprint density at radius 2 is 2.09 bits per heavy atom. The van der Waals surface area contributed by atoms with Gasteiger partial charge in [-0.15, -0.1) is 5.10 Å². The Bertz CT molecular complexity index is 821. The molecule has 4 rings (SSSR count). The maximum Gasteiger partial charge on any atom is 0.119 e. The fourth-order valence-electron chi connectivity index (χ4n) is 3.25. The van der Waals surface area contributed by atoms with Gasteiger partial charge in [-0.2, -0.15) is 0 Å². The Kier molecular flexibility index (Phi) is 3.71. The average molecular weight is 308 g/mol. The molecular formula is C18H20N4O. The topological polar surface area (TPSA) is 52.0 Å². The first-order valence-corrected chi connectivity index (χ1v) is 8.03. The lowest BCUT2D eigenvalue weighted by Crippen LogP contribution is -2.27. The van der Waals surface area contributed by atoms with Gasteiger partial charge in [0.2, 0.25) is 0 Å². The van der Waals surface area contributed by atoms with Crippen LogP contribution in [0.2, 0.25) is 0 Å². The zero-order chi connectivity index (χ0) is 15.6. The van der Waals surface area contributed by atoms with E-state index in [0.29, 0.717) is 6.04 Å². The van der Waals surface area contributed by atoms with E-state index >= 15 is 0 Å². The van der Waals surface area contributed by atoms with Crippen LogP contribution in [0.3, 0.4) is 0 Å². The van der Waals surface area contributed by atoms with E-state index in [1.807, 2.05) is 16.9 Å². The molecule has 0 unspecified atom stereocenters. The van der Waals surface area contributed by atoms with Crippen molar-refractivity contribution in [3.05, 3.63) is 42.6 Å². The minimum atomic E-state index is 0.500. The van der Waals surface area contributed by atoms with Crippen LogP contribution in [0, 0.1) is 0 Å². The Morgan fingerprint density at radius 3 is 2.91 bits per heavy atom. The van der Waals surface area contributed by atoms with Crippen molar-refractivity contribution in [2.75, 3.05) is 13.7 Å². The summed E-state index contributed by atoms with van der Waals surface area (Å²) in [5.41, 5.74) is 2.21. The van der Waals surface area contributed by atoms with Crippen molar-refractivity contribution in [2.24, 2.45) is 0 Å². The van der Waals surface area contributed by atoms with Crippen LogP contribution in [0.4, 0.5) is 0 Å². The van der Waals surface area contributed by atoms with Gasteiger partial charge in [-0.3, -0.25) is 0 Å². The van der Waals surface area contributed by atoms with Gasteiger partial charge in [-0.25, -0.2) is 4.68 Å². The second-order valence-electron chi connectivity index (χ2n) is 6.02. The van der Waals surface area contributed by atoms with Gasteiger partial charge >= 0.3 is 0 Å². The Morgan fingerprint density at radius 1 is 1.22 bits per heavy atom. The highest BCUT2D eigenvalue weighted by Crippen LogP contribution is 2.27. The van der Waals surface area contributed by atoms with Crippen LogP contribution in [0.15, 0.2) is 42.6 Å². The lowest BCUT2D eigenvalue weighted by molar-refractivity contribution is 0.415. The van der Waals surface area contributed by atoms with E-state index in [0.717, 1.165) is 30.1 Å². The largest absolute Gasteiger partial charge is 0.497 e. The van der Waals surface area contributed by atoms with Gasteiger partial charge in [0.1, 0.15) is 5.75 Å². The van der Waals surface area contributed by atoms with Gasteiger partial charge in [0.15, 0.2) is 0 Å². The lowest BCUT2D eigenvalue weighted by atomic mass is 10.0. The second kappa shape index (κ2) is 6.01. The number of hydrogen-bond donors (Lipinski definition) is 1. The Hall–Kier alpha value is -2.40. The van der Waals surface area contributed by atoms with Crippen molar-refractivity contribution in [1.82, 2.24) is 20.3 Å². The van der Waals surface area contributed by atoms with Crippen LogP contribution in [0.5, 0.6) is 5.75 Å². The number of hydrogen-bond acceptors (Lipinski definition) is 4. The molecule has 2 heterocycles. The summed E-state index contributed by atoms with van der Waals surface area (Å²) in [4.78, 5) is 0. The van der Waals surface area contributed by atoms with Crippen LogP contribution in [0.25, 0.3) is 22.0 Å². The molecular weight excluding hydrogens is 288 g/mol. The van der Waals surface area contributed by atoms with E-state index in [1.165, 1.54) is 23.6 Å². The third kappa shape index (κ3) is 2.80. The molecule has 23 heavy (non-hydrogen) atoms. The van der Waals surface area contributed by atoms with Crippen LogP contribution in [-0.2, 0) is 6.54 Å². The fourth-order valence-corrected chi connectivity index (χ4v) is 3.25. The summed E-state index contributed by atoms with van der Waals surface area (Å²) in [6, 6.07) is 13.1. The summed E-state index contributed by atoms with van der Waals surface area (Å²) in [6.45, 7) is 1.97. The molecule has 1 aromatic heterocycles. The Balaban J connectivity index is 1.67. The monoisotopic (exact) mass is 308 g/mol. The van der Waals surface area contributed by atoms with Crippen LogP contribution in [-0.4, -0.2) is 34.7 Å². The second-order valence-corrected chi connectivity index (χ2v) is 6.02. The highest BCUT2D eigenvalue weighted by atomic mass is 16.5. The predicted molar refractivity (Wildman–Crippen MR) is 90.5 cm³/mol. The first-order chi connectivity index (χ1) is 11.3. The van der Waals surface area contributed by atoms with E-state index in [2.05, 4.69) is 46.0 Å². The van der Waals surface area contributed by atoms with Gasteiger partial charge in [-0.1, -0.05) is 23.4 Å². The number of nitrogens with one attached hydrogen (secondary N) is 1. The van der Waals surface area contributed by atoms with Crippen molar-refractivity contribution in [1.29, 1.82) is 0 Å². The zero-order valence-corrected chi connectivity index (χ0v) is 13.2. The molecule has 5 heteroatoms. The van der Waals surface area contributed by atoms with Crippen LogP contribution in [0.1, 0.15) is 12.8 Å². The summed E-state index contributed by atoms with van der Waals surface area (Å²) in [6.07, 6.45) is 4.29. The normalized spacial score (nSPS) is 17.7. The molecule has 5 nitrogen and oxygen atoms in total. The summed E-state index contributed by atoms with van der Waals surface area (Å²) in [5.74, 6) is 0.879. The minimum Gasteiger partial charge on any atom is -0.497 e. The van der Waals surface area contributed by atoms with Crippen LogP contribution < -0.4 is 10.1 Å². The summed E-state index contributed by atoms with van der Waals surface area (Å²) < 4.78 is 7.29. The number of benzene rings is 2. The predicted octanol–water partition coefficient (Wildman–Crippen LogP) is 2.86. The van der Waals surface area contributed by atoms with Crippen molar-refractivity contribution in [3.8, 4) is 17.0 Å². The third-order valence-electron chi connectivity index (χ3n) is 4.52. The number of rotatable bonds is 4. The van der Waals surface area contributed by atoms with Gasteiger partial charge in [-0.05, 0) is 48.4 Å². The SMILES string of the molecule is COc1ccc2cc(-c3cnnn3C[C@@H]3CCCN3)ccc2c1. The first kappa shape index (κ1) is 14.2. The molecule has 1 aliphatic heterocycles. The molecule has 2 aromatic carbocycles. The van der Waals surface area contributed by atoms with E-state index in [1.54, 1.807) is 7.11 Å². The standard InChI is InChI=1S/C18H20N4O/c1-23-17-7-6-13-9-15(5-4-14(13)10-17)18-11-20-21-22(18)12-16-3-2-8-19-16/h4-7,9-11,16,19H,2-3,8,12H2,1H3/t16-/m0/s1. The highest BCUT2D eigenvalue weighted by Gasteiger charge is 2.17. The van der Waals surface area contributed by atoms with Crippen molar-refractivity contribution < 1.29 is 4.74 Å². The van der Waals surface area contributed by atoms with Crippen molar-refractivity contribution >= 4 is 10.8 Å². The summed E-state index contributed by atoms with van der Waals surface area (Å²) >= 11 is 0. The van der Waals surface area contributed by atoms with E-state index in [-0.39, 0.29) is 0 Å². The number of ether oxygens (including phenoxy) is 1. The van der Waals surface area contributed by atoms with Gasteiger partial charge in [0.25, 0.3) is 0 Å². The number of aromatic nitrogens is 3. The molecule has 0 saturated carbocycles. The van der Waals surface area contributed by atoms with Crippen LogP contribution >= 0.6 is 0 Å². The molecule has 0 bridgehead atoms. The maximum atomic E-state index is 5.29. The molecule has 1 N–H and O–H groups in total. The average Bonchev–Trinajstić information content (AvgIpc) is 3.26. The van der Waals surface area contributed by atoms with Gasteiger partial charge < -0.3 is 10.1 Å². The van der Waals surface area contributed by atoms with E-state index in [9.17, 15) is 0 Å². The number of methoxy groups -OCH3 is 1. The van der Waals surface area contributed by atoms with Gasteiger partial charge in [0.05, 0.1) is 25.5 Å². The molecule has 0 radical (unpaired) electrons. The lowest BCUT2D eigenvalue weighted by Gasteiger charge is -2.12. The third-order valence-corrected chi connectivity index (χ3v) is 4.52. The first-order valence-electron chi connectivity index (χ1n) is 8.03. The molecule has 0 aliphatic carbocycles. The molecule has 1 aliphatic rings. The van der Waals surface area contributed by atoms with E-state index < -0.39 is 0 Å². The number of nitrogens with zero attached hydrogens (tertiary/aromatic N) is 3. The molecule has 3 aromatic rings. The molecule has 118 valence electrons. The molecule has 0 amide bonds.